The Morgan fingerprint density at radius 2 is 1.38 bits per heavy atom. The standard InChI is InChI=1S/C25H27N3O4/c1-14-10-15(2)23(16(3)11-14)28-25(30)27-20-12-17(6-8-19(20)24(26)29)18-7-9-21(31-4)22(13-18)32-5/h6-13H,1-5H3,(H2,26,29)(H2,27,28,30). The van der Waals surface area contributed by atoms with Crippen LogP contribution < -0.4 is 25.8 Å². The Balaban J connectivity index is 1.94. The number of hydrogen-bond donors (Lipinski definition) is 3. The minimum atomic E-state index is -0.637. The molecule has 3 aromatic carbocycles. The van der Waals surface area contributed by atoms with Crippen LogP contribution in [0.3, 0.4) is 0 Å². The summed E-state index contributed by atoms with van der Waals surface area (Å²) in [4.78, 5) is 24.7. The van der Waals surface area contributed by atoms with Crippen LogP contribution in [0, 0.1) is 20.8 Å². The van der Waals surface area contributed by atoms with Gasteiger partial charge in [0.1, 0.15) is 0 Å². The molecular formula is C25H27N3O4. The summed E-state index contributed by atoms with van der Waals surface area (Å²) in [5.41, 5.74) is 11.4. The monoisotopic (exact) mass is 433 g/mol. The number of anilines is 2. The maximum atomic E-state index is 12.8. The molecule has 3 amide bonds. The lowest BCUT2D eigenvalue weighted by molar-refractivity contribution is 0.100. The zero-order valence-corrected chi connectivity index (χ0v) is 18.8. The van der Waals surface area contributed by atoms with Gasteiger partial charge in [0.2, 0.25) is 0 Å². The molecule has 32 heavy (non-hydrogen) atoms. The molecule has 0 radical (unpaired) electrons. The summed E-state index contributed by atoms with van der Waals surface area (Å²) >= 11 is 0. The van der Waals surface area contributed by atoms with Crippen molar-refractivity contribution in [1.29, 1.82) is 0 Å². The van der Waals surface area contributed by atoms with E-state index < -0.39 is 11.9 Å². The number of nitrogens with one attached hydrogen (secondary N) is 2. The van der Waals surface area contributed by atoms with Gasteiger partial charge in [-0.3, -0.25) is 4.79 Å². The Hall–Kier alpha value is -4.00. The van der Waals surface area contributed by atoms with Gasteiger partial charge in [-0.15, -0.1) is 0 Å². The van der Waals surface area contributed by atoms with Crippen LogP contribution in [-0.2, 0) is 0 Å². The Morgan fingerprint density at radius 1 is 0.781 bits per heavy atom. The van der Waals surface area contributed by atoms with Crippen LogP contribution in [0.5, 0.6) is 11.5 Å². The Bertz CT molecular complexity index is 1160. The molecule has 0 spiro atoms. The minimum Gasteiger partial charge on any atom is -0.493 e. The zero-order valence-electron chi connectivity index (χ0n) is 18.8. The summed E-state index contributed by atoms with van der Waals surface area (Å²) in [7, 11) is 3.13. The van der Waals surface area contributed by atoms with E-state index in [9.17, 15) is 9.59 Å². The first-order valence-electron chi connectivity index (χ1n) is 10.1. The van der Waals surface area contributed by atoms with Crippen molar-refractivity contribution in [1.82, 2.24) is 0 Å². The summed E-state index contributed by atoms with van der Waals surface area (Å²) in [6.07, 6.45) is 0. The lowest BCUT2D eigenvalue weighted by Crippen LogP contribution is -2.23. The van der Waals surface area contributed by atoms with Crippen molar-refractivity contribution in [3.8, 4) is 22.6 Å². The van der Waals surface area contributed by atoms with Crippen LogP contribution in [0.15, 0.2) is 48.5 Å². The highest BCUT2D eigenvalue weighted by atomic mass is 16.5. The zero-order chi connectivity index (χ0) is 23.4. The summed E-state index contributed by atoms with van der Waals surface area (Å²) in [6.45, 7) is 5.87. The maximum absolute atomic E-state index is 12.8. The second kappa shape index (κ2) is 9.43. The van der Waals surface area contributed by atoms with Crippen molar-refractivity contribution < 1.29 is 19.1 Å². The molecule has 3 rings (SSSR count). The van der Waals surface area contributed by atoms with Gasteiger partial charge in [0, 0.05) is 5.69 Å². The van der Waals surface area contributed by atoms with Crippen molar-refractivity contribution in [3.63, 3.8) is 0 Å². The number of rotatable bonds is 6. The quantitative estimate of drug-likeness (QED) is 0.507. The van der Waals surface area contributed by atoms with E-state index in [4.69, 9.17) is 15.2 Å². The molecule has 0 heterocycles. The molecule has 0 aliphatic rings. The molecule has 0 aromatic heterocycles. The van der Waals surface area contributed by atoms with Crippen LogP contribution in [0.4, 0.5) is 16.2 Å². The highest BCUT2D eigenvalue weighted by molar-refractivity contribution is 6.07. The fourth-order valence-corrected chi connectivity index (χ4v) is 3.70. The number of primary amides is 1. The molecule has 0 bridgehead atoms. The SMILES string of the molecule is COc1ccc(-c2ccc(C(N)=O)c(NC(=O)Nc3c(C)cc(C)cc3C)c2)cc1OC. The van der Waals surface area contributed by atoms with Crippen molar-refractivity contribution in [2.45, 2.75) is 20.8 Å². The third-order valence-corrected chi connectivity index (χ3v) is 5.17. The average Bonchev–Trinajstić information content (AvgIpc) is 2.75. The molecule has 0 unspecified atom stereocenters. The fourth-order valence-electron chi connectivity index (χ4n) is 3.70. The maximum Gasteiger partial charge on any atom is 0.323 e. The molecule has 0 aliphatic carbocycles. The van der Waals surface area contributed by atoms with Gasteiger partial charge in [-0.2, -0.15) is 0 Å². The number of methoxy groups -OCH3 is 2. The van der Waals surface area contributed by atoms with E-state index in [0.717, 1.165) is 33.5 Å². The van der Waals surface area contributed by atoms with E-state index in [1.165, 1.54) is 0 Å². The molecule has 0 atom stereocenters. The van der Waals surface area contributed by atoms with E-state index in [2.05, 4.69) is 10.6 Å². The lowest BCUT2D eigenvalue weighted by Gasteiger charge is -2.16. The summed E-state index contributed by atoms with van der Waals surface area (Å²) in [6, 6.07) is 14.1. The van der Waals surface area contributed by atoms with Gasteiger partial charge in [-0.1, -0.05) is 29.8 Å². The highest BCUT2D eigenvalue weighted by Gasteiger charge is 2.15. The van der Waals surface area contributed by atoms with Gasteiger partial charge in [-0.25, -0.2) is 4.79 Å². The van der Waals surface area contributed by atoms with Crippen molar-refractivity contribution >= 4 is 23.3 Å². The number of nitrogens with two attached hydrogens (primary N) is 1. The lowest BCUT2D eigenvalue weighted by atomic mass is 10.0. The minimum absolute atomic E-state index is 0.210. The van der Waals surface area contributed by atoms with Gasteiger partial charge < -0.3 is 25.8 Å². The smallest absolute Gasteiger partial charge is 0.323 e. The van der Waals surface area contributed by atoms with Gasteiger partial charge in [-0.05, 0) is 67.3 Å². The van der Waals surface area contributed by atoms with Crippen molar-refractivity contribution in [2.75, 3.05) is 24.9 Å². The second-order valence-electron chi connectivity index (χ2n) is 7.55. The predicted molar refractivity (Wildman–Crippen MR) is 127 cm³/mol. The summed E-state index contributed by atoms with van der Waals surface area (Å²) in [5.74, 6) is 0.537. The molecule has 7 nitrogen and oxygen atoms in total. The third-order valence-electron chi connectivity index (χ3n) is 5.17. The summed E-state index contributed by atoms with van der Waals surface area (Å²) < 4.78 is 10.7. The Morgan fingerprint density at radius 3 is 1.97 bits per heavy atom. The number of ether oxygens (including phenoxy) is 2. The molecule has 0 aliphatic heterocycles. The van der Waals surface area contributed by atoms with Crippen LogP contribution in [-0.4, -0.2) is 26.2 Å². The number of aryl methyl sites for hydroxylation is 3. The molecule has 7 heteroatoms. The van der Waals surface area contributed by atoms with Crippen LogP contribution >= 0.6 is 0 Å². The van der Waals surface area contributed by atoms with Gasteiger partial charge in [0.05, 0.1) is 25.5 Å². The van der Waals surface area contributed by atoms with E-state index in [1.54, 1.807) is 38.5 Å². The molecule has 0 saturated carbocycles. The summed E-state index contributed by atoms with van der Waals surface area (Å²) in [5, 5.41) is 5.64. The average molecular weight is 434 g/mol. The van der Waals surface area contributed by atoms with Gasteiger partial charge in [0.15, 0.2) is 11.5 Å². The van der Waals surface area contributed by atoms with Crippen molar-refractivity contribution in [2.24, 2.45) is 5.73 Å². The normalized spacial score (nSPS) is 10.4. The Labute approximate surface area is 187 Å². The van der Waals surface area contributed by atoms with E-state index in [0.29, 0.717) is 17.2 Å². The molecule has 4 N–H and O–H groups in total. The number of benzene rings is 3. The highest BCUT2D eigenvalue weighted by Crippen LogP contribution is 2.34. The molecule has 166 valence electrons. The van der Waals surface area contributed by atoms with E-state index >= 15 is 0 Å². The predicted octanol–water partition coefficient (Wildman–Crippen LogP) is 5.04. The van der Waals surface area contributed by atoms with Gasteiger partial charge >= 0.3 is 6.03 Å². The molecule has 3 aromatic rings. The van der Waals surface area contributed by atoms with Crippen LogP contribution in [0.2, 0.25) is 0 Å². The molecule has 0 saturated heterocycles. The fraction of sp³-hybridized carbons (Fsp3) is 0.200. The number of amides is 3. The van der Waals surface area contributed by atoms with E-state index in [1.807, 2.05) is 45.0 Å². The van der Waals surface area contributed by atoms with Crippen LogP contribution in [0.1, 0.15) is 27.0 Å². The number of carbonyl (C=O) groups excluding carboxylic acids is 2. The number of urea groups is 1. The van der Waals surface area contributed by atoms with E-state index in [-0.39, 0.29) is 5.56 Å². The van der Waals surface area contributed by atoms with Crippen molar-refractivity contribution in [3.05, 3.63) is 70.8 Å². The number of carbonyl (C=O) groups is 2. The number of hydrogen-bond acceptors (Lipinski definition) is 4. The molecular weight excluding hydrogens is 406 g/mol. The van der Waals surface area contributed by atoms with Gasteiger partial charge in [0.25, 0.3) is 5.91 Å². The third kappa shape index (κ3) is 4.83. The second-order valence-corrected chi connectivity index (χ2v) is 7.55. The first-order valence-corrected chi connectivity index (χ1v) is 10.1. The first kappa shape index (κ1) is 22.7. The first-order chi connectivity index (χ1) is 15.2. The molecule has 0 fully saturated rings. The largest absolute Gasteiger partial charge is 0.493 e. The topological polar surface area (TPSA) is 103 Å². The van der Waals surface area contributed by atoms with Crippen LogP contribution in [0.25, 0.3) is 11.1 Å². The Kier molecular flexibility index (Phi) is 6.68.